The van der Waals surface area contributed by atoms with Gasteiger partial charge in [0, 0.05) is 18.5 Å². The summed E-state index contributed by atoms with van der Waals surface area (Å²) in [5.41, 5.74) is 2.80. The Labute approximate surface area is 214 Å². The molecule has 1 unspecified atom stereocenters. The third-order valence-electron chi connectivity index (χ3n) is 6.73. The number of nitrogens with zero attached hydrogens (tertiary/aromatic N) is 2. The fraction of sp³-hybridized carbons (Fsp3) is 0.429. The lowest BCUT2D eigenvalue weighted by Gasteiger charge is -2.23. The summed E-state index contributed by atoms with van der Waals surface area (Å²) in [6.07, 6.45) is -1.26. The van der Waals surface area contributed by atoms with Gasteiger partial charge in [0.05, 0.1) is 25.0 Å². The Balaban J connectivity index is 1.36. The first-order valence-electron chi connectivity index (χ1n) is 12.4. The number of hydrogen-bond acceptors (Lipinski definition) is 6. The molecule has 0 saturated carbocycles. The number of carbonyl (C=O) groups is 1. The second-order valence-corrected chi connectivity index (χ2v) is 9.13. The topological polar surface area (TPSA) is 64.8 Å². The smallest absolute Gasteiger partial charge is 0.416 e. The molecule has 9 heteroatoms. The van der Waals surface area contributed by atoms with Gasteiger partial charge in [-0.1, -0.05) is 13.0 Å². The summed E-state index contributed by atoms with van der Waals surface area (Å²) in [6.45, 7) is 5.80. The first kappa shape index (κ1) is 26.7. The average molecular weight is 517 g/mol. The summed E-state index contributed by atoms with van der Waals surface area (Å²) in [4.78, 5) is 18.7. The van der Waals surface area contributed by atoms with Gasteiger partial charge in [-0.05, 0) is 80.3 Å². The molecule has 1 aliphatic heterocycles. The summed E-state index contributed by atoms with van der Waals surface area (Å²) in [5, 5.41) is 0. The fourth-order valence-electron chi connectivity index (χ4n) is 4.66. The summed E-state index contributed by atoms with van der Waals surface area (Å²) in [7, 11) is 1.43. The molecule has 0 amide bonds. The lowest BCUT2D eigenvalue weighted by Crippen LogP contribution is -2.36. The van der Waals surface area contributed by atoms with Crippen LogP contribution in [0.1, 0.15) is 47.9 Å². The molecular formula is C28H31F3N2O4. The zero-order valence-electron chi connectivity index (χ0n) is 21.2. The van der Waals surface area contributed by atoms with E-state index in [1.165, 1.54) is 24.8 Å². The molecule has 0 N–H and O–H groups in total. The maximum absolute atomic E-state index is 12.8. The number of aromatic nitrogens is 1. The van der Waals surface area contributed by atoms with E-state index in [9.17, 15) is 18.0 Å². The molecule has 6 nitrogen and oxygen atoms in total. The summed E-state index contributed by atoms with van der Waals surface area (Å²) < 4.78 is 55.1. The highest BCUT2D eigenvalue weighted by Gasteiger charge is 2.32. The van der Waals surface area contributed by atoms with E-state index in [0.29, 0.717) is 36.6 Å². The molecule has 2 aromatic carbocycles. The highest BCUT2D eigenvalue weighted by molar-refractivity contribution is 5.76. The van der Waals surface area contributed by atoms with Gasteiger partial charge in [-0.2, -0.15) is 13.2 Å². The van der Waals surface area contributed by atoms with Crippen LogP contribution in [0.15, 0.2) is 46.9 Å². The SMILES string of the molecule is CCc1cc(OCCc2nc(-c3ccc(C(F)(F)F)cc3)oc2C)ccc1CN1CCCC1C(=O)OC. The fourth-order valence-corrected chi connectivity index (χ4v) is 4.66. The molecule has 2 heterocycles. The molecule has 37 heavy (non-hydrogen) atoms. The highest BCUT2D eigenvalue weighted by Crippen LogP contribution is 2.31. The van der Waals surface area contributed by atoms with E-state index >= 15 is 0 Å². The minimum atomic E-state index is -4.39. The number of oxazole rings is 1. The Morgan fingerprint density at radius 3 is 2.59 bits per heavy atom. The van der Waals surface area contributed by atoms with Crippen LogP contribution < -0.4 is 4.74 Å². The largest absolute Gasteiger partial charge is 0.493 e. The van der Waals surface area contributed by atoms with Crippen molar-refractivity contribution in [2.75, 3.05) is 20.3 Å². The normalized spacial score (nSPS) is 16.2. The summed E-state index contributed by atoms with van der Waals surface area (Å²) >= 11 is 0. The van der Waals surface area contributed by atoms with E-state index in [0.717, 1.165) is 49.3 Å². The molecule has 0 spiro atoms. The van der Waals surface area contributed by atoms with Crippen molar-refractivity contribution in [3.8, 4) is 17.2 Å². The highest BCUT2D eigenvalue weighted by atomic mass is 19.4. The molecule has 1 fully saturated rings. The van der Waals surface area contributed by atoms with Crippen molar-refractivity contribution >= 4 is 5.97 Å². The van der Waals surface area contributed by atoms with Crippen molar-refractivity contribution in [3.63, 3.8) is 0 Å². The molecule has 1 aromatic heterocycles. The quantitative estimate of drug-likeness (QED) is 0.326. The Morgan fingerprint density at radius 2 is 1.92 bits per heavy atom. The van der Waals surface area contributed by atoms with E-state index in [-0.39, 0.29) is 17.9 Å². The van der Waals surface area contributed by atoms with Gasteiger partial charge < -0.3 is 13.9 Å². The molecule has 0 bridgehead atoms. The number of hydrogen-bond donors (Lipinski definition) is 0. The second kappa shape index (κ2) is 11.4. The summed E-state index contributed by atoms with van der Waals surface area (Å²) in [5.74, 6) is 1.45. The number of halogens is 3. The van der Waals surface area contributed by atoms with E-state index in [1.807, 2.05) is 18.2 Å². The van der Waals surface area contributed by atoms with Gasteiger partial charge in [0.25, 0.3) is 0 Å². The van der Waals surface area contributed by atoms with Gasteiger partial charge in [0.15, 0.2) is 0 Å². The third kappa shape index (κ3) is 6.33. The van der Waals surface area contributed by atoms with Gasteiger partial charge in [-0.25, -0.2) is 4.98 Å². The number of alkyl halides is 3. The number of ether oxygens (including phenoxy) is 2. The van der Waals surface area contributed by atoms with Crippen molar-refractivity contribution in [3.05, 3.63) is 70.6 Å². The maximum atomic E-state index is 12.8. The summed E-state index contributed by atoms with van der Waals surface area (Å²) in [6, 6.07) is 10.6. The molecule has 4 rings (SSSR count). The number of methoxy groups -OCH3 is 1. The first-order chi connectivity index (χ1) is 17.7. The zero-order valence-corrected chi connectivity index (χ0v) is 21.2. The van der Waals surface area contributed by atoms with Gasteiger partial charge in [0.1, 0.15) is 17.6 Å². The van der Waals surface area contributed by atoms with Crippen LogP contribution in [-0.4, -0.2) is 42.2 Å². The van der Waals surface area contributed by atoms with Crippen LogP contribution in [0.25, 0.3) is 11.5 Å². The molecule has 0 aliphatic carbocycles. The maximum Gasteiger partial charge on any atom is 0.416 e. The standard InChI is InChI=1S/C28H31F3N2O4/c1-4-19-16-23(12-9-21(19)17-33-14-5-6-25(33)27(34)35-3)36-15-13-24-18(2)37-26(32-24)20-7-10-22(11-8-20)28(29,30)31/h7-12,16,25H,4-6,13-15,17H2,1-3H3. The monoisotopic (exact) mass is 516 g/mol. The predicted octanol–water partition coefficient (Wildman–Crippen LogP) is 5.99. The Kier molecular flexibility index (Phi) is 8.22. The average Bonchev–Trinajstić information content (AvgIpc) is 3.50. The molecule has 1 aliphatic rings. The molecule has 198 valence electrons. The molecule has 0 radical (unpaired) electrons. The van der Waals surface area contributed by atoms with E-state index in [2.05, 4.69) is 16.8 Å². The van der Waals surface area contributed by atoms with Gasteiger partial charge >= 0.3 is 12.1 Å². The van der Waals surface area contributed by atoms with E-state index < -0.39 is 11.7 Å². The van der Waals surface area contributed by atoms with Crippen LogP contribution in [0.3, 0.4) is 0 Å². The molecule has 1 atom stereocenters. The van der Waals surface area contributed by atoms with Crippen molar-refractivity contribution in [1.82, 2.24) is 9.88 Å². The Hall–Kier alpha value is -3.33. The van der Waals surface area contributed by atoms with Crippen molar-refractivity contribution in [2.24, 2.45) is 0 Å². The minimum absolute atomic E-state index is 0.180. The first-order valence-corrected chi connectivity index (χ1v) is 12.4. The van der Waals surface area contributed by atoms with Crippen molar-refractivity contribution < 1.29 is 31.9 Å². The van der Waals surface area contributed by atoms with Crippen molar-refractivity contribution in [1.29, 1.82) is 0 Å². The van der Waals surface area contributed by atoms with Crippen LogP contribution in [0, 0.1) is 6.92 Å². The zero-order chi connectivity index (χ0) is 26.6. The number of benzene rings is 2. The molecule has 1 saturated heterocycles. The number of esters is 1. The second-order valence-electron chi connectivity index (χ2n) is 9.13. The minimum Gasteiger partial charge on any atom is -0.493 e. The lowest BCUT2D eigenvalue weighted by atomic mass is 10.0. The van der Waals surface area contributed by atoms with E-state index in [1.54, 1.807) is 6.92 Å². The number of aryl methyl sites for hydroxylation is 2. The van der Waals surface area contributed by atoms with Gasteiger partial charge in [0.2, 0.25) is 5.89 Å². The Morgan fingerprint density at radius 1 is 1.16 bits per heavy atom. The van der Waals surface area contributed by atoms with Crippen LogP contribution in [0.5, 0.6) is 5.75 Å². The molecular weight excluding hydrogens is 485 g/mol. The van der Waals surface area contributed by atoms with Crippen LogP contribution in [-0.2, 0) is 35.1 Å². The van der Waals surface area contributed by atoms with E-state index in [4.69, 9.17) is 13.9 Å². The lowest BCUT2D eigenvalue weighted by molar-refractivity contribution is -0.146. The van der Waals surface area contributed by atoms with Crippen molar-refractivity contribution in [2.45, 2.75) is 58.3 Å². The number of carbonyl (C=O) groups excluding carboxylic acids is 1. The Bertz CT molecular complexity index is 1220. The number of rotatable bonds is 9. The van der Waals surface area contributed by atoms with Crippen LogP contribution in [0.2, 0.25) is 0 Å². The number of likely N-dealkylation sites (tertiary alicyclic amines) is 1. The third-order valence-corrected chi connectivity index (χ3v) is 6.73. The predicted molar refractivity (Wildman–Crippen MR) is 132 cm³/mol. The molecule has 3 aromatic rings. The van der Waals surface area contributed by atoms with Gasteiger partial charge in [-0.15, -0.1) is 0 Å². The van der Waals surface area contributed by atoms with Crippen LogP contribution >= 0.6 is 0 Å². The van der Waals surface area contributed by atoms with Crippen LogP contribution in [0.4, 0.5) is 13.2 Å². The van der Waals surface area contributed by atoms with Gasteiger partial charge in [-0.3, -0.25) is 9.69 Å².